The zero-order valence-electron chi connectivity index (χ0n) is 17.7. The lowest BCUT2D eigenvalue weighted by Crippen LogP contribution is -2.21. The summed E-state index contributed by atoms with van der Waals surface area (Å²) in [6.45, 7) is 0.802. The fourth-order valence-corrected chi connectivity index (χ4v) is 2.37. The first-order valence-corrected chi connectivity index (χ1v) is 8.04. The SMILES string of the molecule is [2H]C([2H])([2H])NC(=O)c1nnc(Nc2cc(C)c(F)cn2)cc1Nc1ccccc1C. The van der Waals surface area contributed by atoms with E-state index in [4.69, 9.17) is 4.11 Å². The van der Waals surface area contributed by atoms with Crippen molar-refractivity contribution in [3.8, 4) is 0 Å². The summed E-state index contributed by atoms with van der Waals surface area (Å²) in [7, 11) is 0. The van der Waals surface area contributed by atoms with Gasteiger partial charge in [-0.25, -0.2) is 9.37 Å². The first-order chi connectivity index (χ1) is 14.1. The second-order valence-electron chi connectivity index (χ2n) is 5.83. The van der Waals surface area contributed by atoms with Gasteiger partial charge in [0, 0.05) is 22.8 Å². The number of para-hydroxylation sites is 1. The molecule has 1 amide bonds. The van der Waals surface area contributed by atoms with E-state index in [2.05, 4.69) is 25.8 Å². The number of rotatable bonds is 5. The first-order valence-electron chi connectivity index (χ1n) is 9.54. The lowest BCUT2D eigenvalue weighted by molar-refractivity contribution is 0.0958. The van der Waals surface area contributed by atoms with E-state index < -0.39 is 18.7 Å². The molecule has 7 nitrogen and oxygen atoms in total. The molecule has 0 saturated carbocycles. The molecule has 0 aliphatic carbocycles. The fraction of sp³-hybridized carbons (Fsp3) is 0.158. The van der Waals surface area contributed by atoms with Crippen LogP contribution in [0.25, 0.3) is 0 Å². The van der Waals surface area contributed by atoms with E-state index >= 15 is 0 Å². The highest BCUT2D eigenvalue weighted by Gasteiger charge is 2.15. The topological polar surface area (TPSA) is 91.8 Å². The molecule has 138 valence electrons. The van der Waals surface area contributed by atoms with E-state index in [1.807, 2.05) is 30.4 Å². The number of nitrogens with zero attached hydrogens (tertiary/aromatic N) is 3. The van der Waals surface area contributed by atoms with Crippen LogP contribution < -0.4 is 16.0 Å². The number of amides is 1. The second-order valence-corrected chi connectivity index (χ2v) is 5.83. The van der Waals surface area contributed by atoms with Gasteiger partial charge in [0.05, 0.1) is 11.9 Å². The van der Waals surface area contributed by atoms with Gasteiger partial charge >= 0.3 is 0 Å². The summed E-state index contributed by atoms with van der Waals surface area (Å²) in [6, 6.07) is 10.4. The predicted molar refractivity (Wildman–Crippen MR) is 102 cm³/mol. The molecule has 1 aromatic carbocycles. The van der Waals surface area contributed by atoms with Crippen molar-refractivity contribution in [1.82, 2.24) is 20.5 Å². The number of carbonyl (C=O) groups is 1. The average Bonchev–Trinajstić information content (AvgIpc) is 2.65. The van der Waals surface area contributed by atoms with E-state index in [0.29, 0.717) is 17.1 Å². The summed E-state index contributed by atoms with van der Waals surface area (Å²) < 4.78 is 35.2. The Morgan fingerprint density at radius 3 is 2.59 bits per heavy atom. The summed E-state index contributed by atoms with van der Waals surface area (Å²) in [5.74, 6) is -0.772. The van der Waals surface area contributed by atoms with Crippen molar-refractivity contribution in [1.29, 1.82) is 0 Å². The van der Waals surface area contributed by atoms with Crippen LogP contribution in [-0.2, 0) is 0 Å². The Morgan fingerprint density at radius 1 is 1.04 bits per heavy atom. The molecule has 2 aromatic heterocycles. The molecular formula is C19H19FN6O. The maximum absolute atomic E-state index is 13.4. The minimum Gasteiger partial charge on any atom is -0.354 e. The fourth-order valence-electron chi connectivity index (χ4n) is 2.37. The highest BCUT2D eigenvalue weighted by atomic mass is 19.1. The van der Waals surface area contributed by atoms with Crippen molar-refractivity contribution in [3.63, 3.8) is 0 Å². The first kappa shape index (κ1) is 14.6. The third-order valence-electron chi connectivity index (χ3n) is 3.84. The lowest BCUT2D eigenvalue weighted by Gasteiger charge is -2.14. The van der Waals surface area contributed by atoms with Crippen LogP contribution in [0.4, 0.5) is 27.4 Å². The van der Waals surface area contributed by atoms with Crippen molar-refractivity contribution < 1.29 is 13.3 Å². The predicted octanol–water partition coefficient (Wildman–Crippen LogP) is 3.47. The minimum absolute atomic E-state index is 0.192. The number of benzene rings is 1. The van der Waals surface area contributed by atoms with Gasteiger partial charge in [-0.2, -0.15) is 0 Å². The van der Waals surface area contributed by atoms with Crippen molar-refractivity contribution in [2.75, 3.05) is 17.6 Å². The van der Waals surface area contributed by atoms with Gasteiger partial charge in [0.25, 0.3) is 5.91 Å². The Bertz CT molecular complexity index is 1090. The molecule has 0 aliphatic heterocycles. The number of pyridine rings is 1. The molecule has 3 rings (SSSR count). The molecule has 3 aromatic rings. The van der Waals surface area contributed by atoms with Gasteiger partial charge in [-0.05, 0) is 37.1 Å². The molecule has 0 atom stereocenters. The Morgan fingerprint density at radius 2 is 1.85 bits per heavy atom. The summed E-state index contributed by atoms with van der Waals surface area (Å²) in [6.07, 6.45) is 1.08. The Hall–Kier alpha value is -3.55. The van der Waals surface area contributed by atoms with E-state index in [1.165, 1.54) is 12.1 Å². The summed E-state index contributed by atoms with van der Waals surface area (Å²) in [5, 5.41) is 15.7. The van der Waals surface area contributed by atoms with Crippen LogP contribution in [0.3, 0.4) is 0 Å². The lowest BCUT2D eigenvalue weighted by atomic mass is 10.2. The van der Waals surface area contributed by atoms with Crippen LogP contribution in [0.5, 0.6) is 0 Å². The van der Waals surface area contributed by atoms with Gasteiger partial charge in [-0.15, -0.1) is 10.2 Å². The number of carbonyl (C=O) groups excluding carboxylic acids is 1. The molecule has 0 fully saturated rings. The van der Waals surface area contributed by atoms with Gasteiger partial charge in [0.15, 0.2) is 11.5 Å². The standard InChI is InChI=1S/C19H19FN6O/c1-11-6-4-5-7-14(11)23-15-9-17(25-26-18(15)19(27)21-3)24-16-8-12(2)13(20)10-22-16/h4-10H,1-3H3,(H,21,27)(H2,22,23,24,25)/i3D3. The van der Waals surface area contributed by atoms with Crippen LogP contribution in [0, 0.1) is 19.7 Å². The van der Waals surface area contributed by atoms with Gasteiger partial charge in [-0.3, -0.25) is 4.79 Å². The van der Waals surface area contributed by atoms with Crippen LogP contribution in [0.15, 0.2) is 42.6 Å². The molecule has 2 heterocycles. The number of nitrogens with one attached hydrogen (secondary N) is 3. The highest BCUT2D eigenvalue weighted by molar-refractivity contribution is 5.98. The molecule has 3 N–H and O–H groups in total. The number of anilines is 4. The molecule has 27 heavy (non-hydrogen) atoms. The Balaban J connectivity index is 1.97. The zero-order valence-corrected chi connectivity index (χ0v) is 14.7. The average molecular weight is 369 g/mol. The third kappa shape index (κ3) is 4.17. The monoisotopic (exact) mass is 369 g/mol. The van der Waals surface area contributed by atoms with E-state index in [1.54, 1.807) is 13.0 Å². The van der Waals surface area contributed by atoms with Crippen molar-refractivity contribution in [2.24, 2.45) is 0 Å². The normalized spacial score (nSPS) is 12.5. The third-order valence-corrected chi connectivity index (χ3v) is 3.84. The van der Waals surface area contributed by atoms with Crippen LogP contribution in [0.2, 0.25) is 0 Å². The minimum atomic E-state index is -2.68. The Labute approximate surface area is 160 Å². The summed E-state index contributed by atoms with van der Waals surface area (Å²) in [5.41, 5.74) is 2.05. The van der Waals surface area contributed by atoms with Gasteiger partial charge in [-0.1, -0.05) is 18.2 Å². The molecule has 8 heteroatoms. The number of halogens is 1. The number of aromatic nitrogens is 3. The maximum Gasteiger partial charge on any atom is 0.273 e. The van der Waals surface area contributed by atoms with Gasteiger partial charge in [0.1, 0.15) is 11.6 Å². The van der Waals surface area contributed by atoms with Crippen LogP contribution in [-0.4, -0.2) is 28.1 Å². The molecule has 0 spiro atoms. The molecule has 0 radical (unpaired) electrons. The van der Waals surface area contributed by atoms with Crippen molar-refractivity contribution in [3.05, 3.63) is 65.2 Å². The van der Waals surface area contributed by atoms with Gasteiger partial charge in [0.2, 0.25) is 0 Å². The summed E-state index contributed by atoms with van der Waals surface area (Å²) in [4.78, 5) is 16.4. The summed E-state index contributed by atoms with van der Waals surface area (Å²) >= 11 is 0. The molecule has 0 saturated heterocycles. The highest BCUT2D eigenvalue weighted by Crippen LogP contribution is 2.25. The molecular weight excluding hydrogens is 347 g/mol. The van der Waals surface area contributed by atoms with Crippen LogP contribution >= 0.6 is 0 Å². The molecule has 0 bridgehead atoms. The van der Waals surface area contributed by atoms with Crippen molar-refractivity contribution in [2.45, 2.75) is 13.8 Å². The van der Waals surface area contributed by atoms with Gasteiger partial charge < -0.3 is 16.0 Å². The molecule has 0 aliphatic rings. The van der Waals surface area contributed by atoms with E-state index in [-0.39, 0.29) is 17.2 Å². The Kier molecular flexibility index (Phi) is 4.20. The zero-order chi connectivity index (χ0) is 21.9. The van der Waals surface area contributed by atoms with E-state index in [0.717, 1.165) is 11.8 Å². The second kappa shape index (κ2) is 7.77. The largest absolute Gasteiger partial charge is 0.354 e. The number of hydrogen-bond acceptors (Lipinski definition) is 6. The number of aryl methyl sites for hydroxylation is 2. The molecule has 0 unspecified atom stereocenters. The van der Waals surface area contributed by atoms with Crippen molar-refractivity contribution >= 4 is 28.9 Å². The smallest absolute Gasteiger partial charge is 0.273 e. The quantitative estimate of drug-likeness (QED) is 0.638. The van der Waals surface area contributed by atoms with E-state index in [9.17, 15) is 9.18 Å². The maximum atomic E-state index is 13.4. The van der Waals surface area contributed by atoms with Crippen LogP contribution in [0.1, 0.15) is 25.7 Å². The number of hydrogen-bond donors (Lipinski definition) is 3.